The lowest BCUT2D eigenvalue weighted by atomic mass is 9.97. The molecule has 0 spiro atoms. The van der Waals surface area contributed by atoms with Crippen molar-refractivity contribution in [2.24, 2.45) is 5.92 Å². The Bertz CT molecular complexity index is 779. The highest BCUT2D eigenvalue weighted by Gasteiger charge is 2.28. The van der Waals surface area contributed by atoms with E-state index in [0.717, 1.165) is 11.3 Å². The summed E-state index contributed by atoms with van der Waals surface area (Å²) in [5.74, 6) is 0.992. The van der Waals surface area contributed by atoms with Gasteiger partial charge in [0, 0.05) is 18.7 Å². The predicted molar refractivity (Wildman–Crippen MR) is 95.9 cm³/mol. The van der Waals surface area contributed by atoms with E-state index in [1.165, 1.54) is 0 Å². The molecule has 0 N–H and O–H groups in total. The van der Waals surface area contributed by atoms with Gasteiger partial charge in [0.15, 0.2) is 0 Å². The van der Waals surface area contributed by atoms with E-state index in [0.29, 0.717) is 38.4 Å². The first-order valence-electron chi connectivity index (χ1n) is 9.02. The molecule has 1 fully saturated rings. The van der Waals surface area contributed by atoms with Crippen molar-refractivity contribution < 1.29 is 23.5 Å². The number of piperidine rings is 1. The summed E-state index contributed by atoms with van der Waals surface area (Å²) in [7, 11) is 1.60. The number of hydrogen-bond acceptors (Lipinski definition) is 7. The van der Waals surface area contributed by atoms with Gasteiger partial charge in [0.05, 0.1) is 19.6 Å². The minimum Gasteiger partial charge on any atom is -0.497 e. The van der Waals surface area contributed by atoms with Crippen LogP contribution in [0.4, 0.5) is 0 Å². The zero-order valence-corrected chi connectivity index (χ0v) is 15.5. The van der Waals surface area contributed by atoms with Crippen molar-refractivity contribution in [3.63, 3.8) is 0 Å². The normalized spacial score (nSPS) is 14.8. The molecule has 8 heteroatoms. The second kappa shape index (κ2) is 8.66. The average Bonchev–Trinajstić information content (AvgIpc) is 3.17. The first-order chi connectivity index (χ1) is 13.1. The number of likely N-dealkylation sites (tertiary alicyclic amines) is 1. The van der Waals surface area contributed by atoms with Gasteiger partial charge in [-0.05, 0) is 44.0 Å². The summed E-state index contributed by atoms with van der Waals surface area (Å²) in [5.41, 5.74) is 0.761. The zero-order chi connectivity index (χ0) is 19.2. The second-order valence-corrected chi connectivity index (χ2v) is 6.31. The molecule has 1 aliphatic rings. The molecule has 0 bridgehead atoms. The fraction of sp³-hybridized carbons (Fsp3) is 0.474. The topological polar surface area (TPSA) is 94.8 Å². The fourth-order valence-electron chi connectivity index (χ4n) is 3.04. The minimum absolute atomic E-state index is 0.0488. The van der Waals surface area contributed by atoms with Crippen molar-refractivity contribution in [1.82, 2.24) is 15.1 Å². The van der Waals surface area contributed by atoms with Gasteiger partial charge in [0.25, 0.3) is 0 Å². The third-order valence-corrected chi connectivity index (χ3v) is 4.57. The van der Waals surface area contributed by atoms with E-state index < -0.39 is 0 Å². The van der Waals surface area contributed by atoms with Crippen molar-refractivity contribution in [1.29, 1.82) is 0 Å². The molecule has 0 radical (unpaired) electrons. The van der Waals surface area contributed by atoms with Gasteiger partial charge in [-0.25, -0.2) is 0 Å². The van der Waals surface area contributed by atoms with Crippen molar-refractivity contribution in [2.45, 2.75) is 26.2 Å². The number of nitrogens with zero attached hydrogens (tertiary/aromatic N) is 3. The molecule has 0 unspecified atom stereocenters. The summed E-state index contributed by atoms with van der Waals surface area (Å²) < 4.78 is 15.8. The number of hydrogen-bond donors (Lipinski definition) is 0. The van der Waals surface area contributed by atoms with Gasteiger partial charge in [-0.2, -0.15) is 0 Å². The van der Waals surface area contributed by atoms with Crippen molar-refractivity contribution in [2.75, 3.05) is 26.8 Å². The van der Waals surface area contributed by atoms with Crippen LogP contribution in [0.3, 0.4) is 0 Å². The molecule has 2 heterocycles. The van der Waals surface area contributed by atoms with Gasteiger partial charge in [0.2, 0.25) is 17.7 Å². The lowest BCUT2D eigenvalue weighted by molar-refractivity contribution is -0.151. The number of esters is 1. The van der Waals surface area contributed by atoms with E-state index in [9.17, 15) is 9.59 Å². The monoisotopic (exact) mass is 373 g/mol. The number of carbonyl (C=O) groups is 2. The van der Waals surface area contributed by atoms with E-state index in [2.05, 4.69) is 10.2 Å². The van der Waals surface area contributed by atoms with Crippen LogP contribution in [0, 0.1) is 5.92 Å². The van der Waals surface area contributed by atoms with Crippen LogP contribution in [0.1, 0.15) is 25.7 Å². The standard InChI is InChI=1S/C19H23N3O5/c1-3-26-19(24)14-8-10-22(11-9-14)17(23)12-16-20-21-18(27-16)13-4-6-15(25-2)7-5-13/h4-7,14H,3,8-12H2,1-2H3. The molecule has 1 aromatic carbocycles. The Morgan fingerprint density at radius 1 is 1.19 bits per heavy atom. The lowest BCUT2D eigenvalue weighted by Gasteiger charge is -2.30. The Balaban J connectivity index is 1.54. The Labute approximate surface area is 157 Å². The molecule has 0 aliphatic carbocycles. The fourth-order valence-corrected chi connectivity index (χ4v) is 3.04. The van der Waals surface area contributed by atoms with Crippen molar-refractivity contribution >= 4 is 11.9 Å². The molecule has 1 amide bonds. The van der Waals surface area contributed by atoms with Gasteiger partial charge in [0.1, 0.15) is 12.2 Å². The maximum absolute atomic E-state index is 12.5. The van der Waals surface area contributed by atoms with E-state index in [1.807, 2.05) is 12.1 Å². The van der Waals surface area contributed by atoms with Crippen LogP contribution < -0.4 is 4.74 Å². The summed E-state index contributed by atoms with van der Waals surface area (Å²) in [6.45, 7) is 3.23. The molecule has 1 saturated heterocycles. The number of ether oxygens (including phenoxy) is 2. The average molecular weight is 373 g/mol. The highest BCUT2D eigenvalue weighted by atomic mass is 16.5. The summed E-state index contributed by atoms with van der Waals surface area (Å²) >= 11 is 0. The molecule has 1 aromatic heterocycles. The SMILES string of the molecule is CCOC(=O)C1CCN(C(=O)Cc2nnc(-c3ccc(OC)cc3)o2)CC1. The summed E-state index contributed by atoms with van der Waals surface area (Å²) in [6.07, 6.45) is 1.28. The smallest absolute Gasteiger partial charge is 0.309 e. The van der Waals surface area contributed by atoms with Gasteiger partial charge in [-0.15, -0.1) is 10.2 Å². The van der Waals surface area contributed by atoms with Crippen LogP contribution in [0.25, 0.3) is 11.5 Å². The number of amides is 1. The lowest BCUT2D eigenvalue weighted by Crippen LogP contribution is -2.41. The van der Waals surface area contributed by atoms with Gasteiger partial charge < -0.3 is 18.8 Å². The quantitative estimate of drug-likeness (QED) is 0.716. The molecule has 0 atom stereocenters. The Kier molecular flexibility index (Phi) is 6.05. The van der Waals surface area contributed by atoms with Gasteiger partial charge in [-0.1, -0.05) is 0 Å². The molecule has 27 heavy (non-hydrogen) atoms. The van der Waals surface area contributed by atoms with E-state index >= 15 is 0 Å². The first-order valence-corrected chi connectivity index (χ1v) is 9.02. The van der Waals surface area contributed by atoms with Crippen molar-refractivity contribution in [3.05, 3.63) is 30.2 Å². The molecular formula is C19H23N3O5. The minimum atomic E-state index is -0.175. The van der Waals surface area contributed by atoms with E-state index in [-0.39, 0.29) is 30.1 Å². The molecule has 144 valence electrons. The summed E-state index contributed by atoms with van der Waals surface area (Å²) in [6, 6.07) is 7.24. The van der Waals surface area contributed by atoms with E-state index in [4.69, 9.17) is 13.9 Å². The predicted octanol–water partition coefficient (Wildman–Crippen LogP) is 2.09. The zero-order valence-electron chi connectivity index (χ0n) is 15.5. The molecule has 3 rings (SSSR count). The number of benzene rings is 1. The number of rotatable bonds is 6. The summed E-state index contributed by atoms with van der Waals surface area (Å²) in [5, 5.41) is 7.97. The number of carbonyl (C=O) groups excluding carboxylic acids is 2. The maximum Gasteiger partial charge on any atom is 0.309 e. The molecule has 2 aromatic rings. The summed E-state index contributed by atoms with van der Waals surface area (Å²) in [4.78, 5) is 26.0. The van der Waals surface area contributed by atoms with Crippen LogP contribution in [0.5, 0.6) is 5.75 Å². The highest BCUT2D eigenvalue weighted by Crippen LogP contribution is 2.22. The molecule has 8 nitrogen and oxygen atoms in total. The van der Waals surface area contributed by atoms with Crippen LogP contribution >= 0.6 is 0 Å². The largest absolute Gasteiger partial charge is 0.497 e. The van der Waals surface area contributed by atoms with Crippen LogP contribution in [-0.2, 0) is 20.7 Å². The van der Waals surface area contributed by atoms with Crippen LogP contribution in [-0.4, -0.2) is 53.8 Å². The third-order valence-electron chi connectivity index (χ3n) is 4.57. The number of aromatic nitrogens is 2. The third kappa shape index (κ3) is 4.64. The number of methoxy groups -OCH3 is 1. The van der Waals surface area contributed by atoms with Crippen LogP contribution in [0.15, 0.2) is 28.7 Å². The molecule has 1 aliphatic heterocycles. The second-order valence-electron chi connectivity index (χ2n) is 6.31. The van der Waals surface area contributed by atoms with Crippen molar-refractivity contribution in [3.8, 4) is 17.2 Å². The molecule has 0 saturated carbocycles. The van der Waals surface area contributed by atoms with Gasteiger partial charge in [-0.3, -0.25) is 9.59 Å². The Morgan fingerprint density at radius 3 is 2.52 bits per heavy atom. The molecular weight excluding hydrogens is 350 g/mol. The maximum atomic E-state index is 12.5. The first kappa shape index (κ1) is 18.9. The Morgan fingerprint density at radius 2 is 1.89 bits per heavy atom. The van der Waals surface area contributed by atoms with E-state index in [1.54, 1.807) is 31.1 Å². The Hall–Kier alpha value is -2.90. The van der Waals surface area contributed by atoms with Gasteiger partial charge >= 0.3 is 5.97 Å². The van der Waals surface area contributed by atoms with Crippen LogP contribution in [0.2, 0.25) is 0 Å². The highest BCUT2D eigenvalue weighted by molar-refractivity contribution is 5.78.